The maximum atomic E-state index is 12.4. The SMILES string of the molecule is CCC1=C(C)C(C=c2[nH]c(=Cc3[nH]c(C=C4NC(=O)C(C)=C4CC)c(C)c3CCC(=O)OC)c(CCC(=O)OC)c2C)=NC1=O. The zero-order valence-corrected chi connectivity index (χ0v) is 27.4. The first kappa shape index (κ1) is 33.2. The average Bonchev–Trinajstić information content (AvgIpc) is 3.66. The molecule has 0 aromatic carbocycles. The normalized spacial score (nSPS) is 16.8. The molecule has 0 radical (unpaired) electrons. The van der Waals surface area contributed by atoms with Crippen LogP contribution in [0.5, 0.6) is 0 Å². The molecule has 0 aliphatic carbocycles. The lowest BCUT2D eigenvalue weighted by Crippen LogP contribution is -2.15. The zero-order valence-electron chi connectivity index (χ0n) is 27.4. The summed E-state index contributed by atoms with van der Waals surface area (Å²) in [5.41, 5.74) is 9.94. The maximum Gasteiger partial charge on any atom is 0.305 e. The second kappa shape index (κ2) is 13.9. The molecule has 0 unspecified atom stereocenters. The minimum absolute atomic E-state index is 0.106. The maximum absolute atomic E-state index is 12.4. The van der Waals surface area contributed by atoms with Crippen LogP contribution in [0.1, 0.15) is 87.0 Å². The molecule has 4 rings (SSSR count). The van der Waals surface area contributed by atoms with Crippen LogP contribution in [0, 0.1) is 13.8 Å². The van der Waals surface area contributed by atoms with Crippen LogP contribution in [0.15, 0.2) is 33.0 Å². The van der Waals surface area contributed by atoms with Gasteiger partial charge >= 0.3 is 11.9 Å². The molecule has 0 saturated carbocycles. The number of allylic oxidation sites excluding steroid dienone is 2. The molecule has 0 fully saturated rings. The van der Waals surface area contributed by atoms with Gasteiger partial charge in [-0.2, -0.15) is 0 Å². The van der Waals surface area contributed by atoms with Gasteiger partial charge in [-0.1, -0.05) is 13.8 Å². The van der Waals surface area contributed by atoms with Crippen molar-refractivity contribution < 1.29 is 28.7 Å². The monoisotopic (exact) mass is 614 g/mol. The molecule has 2 aromatic heterocycles. The van der Waals surface area contributed by atoms with Crippen molar-refractivity contribution in [2.75, 3.05) is 14.2 Å². The van der Waals surface area contributed by atoms with Gasteiger partial charge in [-0.15, -0.1) is 0 Å². The van der Waals surface area contributed by atoms with Crippen molar-refractivity contribution in [1.82, 2.24) is 15.3 Å². The third-order valence-corrected chi connectivity index (χ3v) is 8.76. The topological polar surface area (TPSA) is 143 Å². The minimum Gasteiger partial charge on any atom is -0.469 e. The summed E-state index contributed by atoms with van der Waals surface area (Å²) < 4.78 is 9.83. The molecule has 2 aromatic rings. The lowest BCUT2D eigenvalue weighted by atomic mass is 10.0. The number of ether oxygens (including phenoxy) is 2. The fourth-order valence-electron chi connectivity index (χ4n) is 5.96. The van der Waals surface area contributed by atoms with E-state index in [9.17, 15) is 19.2 Å². The van der Waals surface area contributed by atoms with E-state index in [2.05, 4.69) is 20.3 Å². The van der Waals surface area contributed by atoms with E-state index in [1.54, 1.807) is 0 Å². The number of esters is 2. The van der Waals surface area contributed by atoms with Gasteiger partial charge in [0.15, 0.2) is 0 Å². The van der Waals surface area contributed by atoms with E-state index < -0.39 is 0 Å². The summed E-state index contributed by atoms with van der Waals surface area (Å²) in [4.78, 5) is 60.4. The second-order valence-corrected chi connectivity index (χ2v) is 11.3. The van der Waals surface area contributed by atoms with Crippen LogP contribution in [0.4, 0.5) is 0 Å². The molecule has 0 atom stereocenters. The number of hydrogen-bond acceptors (Lipinski definition) is 6. The van der Waals surface area contributed by atoms with Gasteiger partial charge < -0.3 is 24.8 Å². The predicted molar refractivity (Wildman–Crippen MR) is 174 cm³/mol. The molecule has 3 N–H and O–H groups in total. The second-order valence-electron chi connectivity index (χ2n) is 11.3. The number of aromatic nitrogens is 2. The van der Waals surface area contributed by atoms with Gasteiger partial charge in [0.25, 0.3) is 11.8 Å². The highest BCUT2D eigenvalue weighted by atomic mass is 16.5. The van der Waals surface area contributed by atoms with Crippen molar-refractivity contribution in [3.8, 4) is 0 Å². The van der Waals surface area contributed by atoms with E-state index in [1.165, 1.54) is 14.2 Å². The lowest BCUT2D eigenvalue weighted by Gasteiger charge is -2.04. The Labute approximate surface area is 263 Å². The largest absolute Gasteiger partial charge is 0.469 e. The smallest absolute Gasteiger partial charge is 0.305 e. The van der Waals surface area contributed by atoms with Crippen molar-refractivity contribution in [2.24, 2.45) is 4.99 Å². The number of nitrogens with zero attached hydrogens (tertiary/aromatic N) is 1. The number of methoxy groups -OCH3 is 2. The Bertz CT molecular complexity index is 1830. The molecule has 0 bridgehead atoms. The van der Waals surface area contributed by atoms with Crippen LogP contribution in [-0.4, -0.2) is 53.7 Å². The van der Waals surface area contributed by atoms with Gasteiger partial charge in [-0.05, 0) is 105 Å². The van der Waals surface area contributed by atoms with Crippen molar-refractivity contribution >= 4 is 47.7 Å². The van der Waals surface area contributed by atoms with E-state index in [0.717, 1.165) is 61.2 Å². The summed E-state index contributed by atoms with van der Waals surface area (Å²) in [6.07, 6.45) is 8.36. The van der Waals surface area contributed by atoms with Gasteiger partial charge in [0.05, 0.1) is 19.9 Å². The third kappa shape index (κ3) is 6.84. The van der Waals surface area contributed by atoms with E-state index in [-0.39, 0.29) is 36.6 Å². The fourth-order valence-corrected chi connectivity index (χ4v) is 5.96. The first-order valence-corrected chi connectivity index (χ1v) is 15.3. The fraction of sp³-hybridized carbons (Fsp3) is 0.400. The van der Waals surface area contributed by atoms with Crippen molar-refractivity contribution in [1.29, 1.82) is 0 Å². The highest BCUT2D eigenvalue weighted by Gasteiger charge is 2.24. The highest BCUT2D eigenvalue weighted by Crippen LogP contribution is 2.28. The van der Waals surface area contributed by atoms with Crippen LogP contribution in [-0.2, 0) is 41.5 Å². The van der Waals surface area contributed by atoms with Crippen LogP contribution in [0.3, 0.4) is 0 Å². The minimum atomic E-state index is -0.318. The first-order chi connectivity index (χ1) is 21.4. The van der Waals surface area contributed by atoms with Gasteiger partial charge in [0.2, 0.25) is 0 Å². The highest BCUT2D eigenvalue weighted by molar-refractivity contribution is 6.30. The molecule has 2 aliphatic rings. The number of aromatic amines is 2. The quantitative estimate of drug-likeness (QED) is 0.330. The van der Waals surface area contributed by atoms with Crippen LogP contribution in [0.25, 0.3) is 18.2 Å². The number of rotatable bonds is 11. The van der Waals surface area contributed by atoms with Crippen LogP contribution in [0.2, 0.25) is 0 Å². The van der Waals surface area contributed by atoms with Crippen LogP contribution < -0.4 is 16.0 Å². The molecular weight excluding hydrogens is 572 g/mol. The van der Waals surface area contributed by atoms with Crippen molar-refractivity contribution in [3.05, 3.63) is 72.3 Å². The number of nitrogens with one attached hydrogen (secondary N) is 3. The van der Waals surface area contributed by atoms with Gasteiger partial charge in [0, 0.05) is 51.8 Å². The Morgan fingerprint density at radius 3 is 1.93 bits per heavy atom. The molecule has 2 aliphatic heterocycles. The third-order valence-electron chi connectivity index (χ3n) is 8.76. The summed E-state index contributed by atoms with van der Waals surface area (Å²) in [7, 11) is 2.74. The molecule has 4 heterocycles. The summed E-state index contributed by atoms with van der Waals surface area (Å²) in [6.45, 7) is 11.6. The van der Waals surface area contributed by atoms with Gasteiger partial charge in [-0.3, -0.25) is 19.2 Å². The Balaban J connectivity index is 1.91. The van der Waals surface area contributed by atoms with Crippen LogP contribution >= 0.6 is 0 Å². The molecular formula is C35H42N4O6. The predicted octanol–water partition coefficient (Wildman–Crippen LogP) is 3.69. The Morgan fingerprint density at radius 1 is 0.733 bits per heavy atom. The number of H-pyrrole nitrogens is 2. The molecule has 238 valence electrons. The standard InChI is InChI=1S/C35H42N4O6/c1-9-22-21(6)34(42)39-29(22)16-27-20(5)25(12-14-33(41)45-8)31(37-27)17-30-24(11-13-32(40)44-7)19(4)26(36-30)15-28-18(3)23(10-2)35(43)38-28/h15-17,36-37H,9-14H2,1-8H3,(H,39,42). The Kier molecular flexibility index (Phi) is 10.3. The lowest BCUT2D eigenvalue weighted by molar-refractivity contribution is -0.141. The number of hydrogen-bond donors (Lipinski definition) is 3. The number of amides is 2. The van der Waals surface area contributed by atoms with Crippen molar-refractivity contribution in [3.63, 3.8) is 0 Å². The molecule has 0 saturated heterocycles. The summed E-state index contributed by atoms with van der Waals surface area (Å²) in [6, 6.07) is 0. The Morgan fingerprint density at radius 2 is 1.36 bits per heavy atom. The van der Waals surface area contributed by atoms with Gasteiger partial charge in [0.1, 0.15) is 0 Å². The number of carbonyl (C=O) groups is 4. The van der Waals surface area contributed by atoms with E-state index in [0.29, 0.717) is 42.5 Å². The number of aliphatic imine (C=N–C) groups is 1. The number of carbonyl (C=O) groups excluding carboxylic acids is 4. The van der Waals surface area contributed by atoms with E-state index in [4.69, 9.17) is 9.47 Å². The van der Waals surface area contributed by atoms with E-state index >= 15 is 0 Å². The van der Waals surface area contributed by atoms with Crippen molar-refractivity contribution in [2.45, 2.75) is 80.1 Å². The molecule has 2 amide bonds. The zero-order chi connectivity index (χ0) is 33.0. The van der Waals surface area contributed by atoms with E-state index in [1.807, 2.05) is 59.8 Å². The van der Waals surface area contributed by atoms with Gasteiger partial charge in [-0.25, -0.2) is 4.99 Å². The molecule has 10 heteroatoms. The molecule has 45 heavy (non-hydrogen) atoms. The summed E-state index contributed by atoms with van der Waals surface area (Å²) in [5, 5.41) is 4.54. The molecule has 10 nitrogen and oxygen atoms in total. The molecule has 0 spiro atoms. The first-order valence-electron chi connectivity index (χ1n) is 15.3. The summed E-state index contributed by atoms with van der Waals surface area (Å²) in [5.74, 6) is -0.951. The Hall–Kier alpha value is -4.73. The summed E-state index contributed by atoms with van der Waals surface area (Å²) >= 11 is 0. The average molecular weight is 615 g/mol.